The van der Waals surface area contributed by atoms with Gasteiger partial charge in [-0.05, 0) is 11.6 Å². The predicted molar refractivity (Wildman–Crippen MR) is 50.7 cm³/mol. The van der Waals surface area contributed by atoms with Gasteiger partial charge < -0.3 is 5.73 Å². The van der Waals surface area contributed by atoms with Crippen LogP contribution in [0.4, 0.5) is 0 Å². The number of nitrogens with zero attached hydrogens (tertiary/aromatic N) is 2. The molecule has 1 atom stereocenters. The molecule has 0 saturated heterocycles. The number of hydrogen-bond acceptors (Lipinski definition) is 3. The fraction of sp³-hybridized carbons (Fsp3) is 0.200. The van der Waals surface area contributed by atoms with Crippen LogP contribution in [0, 0.1) is 23.7 Å². The highest BCUT2D eigenvalue weighted by Crippen LogP contribution is 2.09. The van der Waals surface area contributed by atoms with Crippen LogP contribution in [-0.4, -0.2) is 10.9 Å². The number of amides is 1. The van der Waals surface area contributed by atoms with Gasteiger partial charge >= 0.3 is 0 Å². The summed E-state index contributed by atoms with van der Waals surface area (Å²) in [7, 11) is 0. The predicted octanol–water partition coefficient (Wildman–Crippen LogP) is 0.627. The fourth-order valence-corrected chi connectivity index (χ4v) is 0.941. The van der Waals surface area contributed by atoms with E-state index < -0.39 is 0 Å². The monoisotopic (exact) mass is 188 g/mol. The van der Waals surface area contributed by atoms with Gasteiger partial charge in [0.05, 0.1) is 0 Å². The van der Waals surface area contributed by atoms with Crippen LogP contribution in [0.2, 0.25) is 0 Å². The molecule has 1 rings (SSSR count). The van der Waals surface area contributed by atoms with E-state index in [0.29, 0.717) is 5.69 Å². The van der Waals surface area contributed by atoms with Crippen molar-refractivity contribution in [2.75, 3.05) is 0 Å². The second-order valence-corrected chi connectivity index (χ2v) is 2.95. The first-order chi connectivity index (χ1) is 6.63. The van der Waals surface area contributed by atoms with E-state index in [1.54, 1.807) is 25.5 Å². The number of nitrogens with two attached hydrogens (primary N) is 1. The highest BCUT2D eigenvalue weighted by Gasteiger charge is 2.09. The number of carbonyl (C=O) groups is 1. The molecule has 1 heterocycles. The molecule has 0 aromatic carbocycles. The first-order valence-electron chi connectivity index (χ1n) is 4.14. The molecule has 1 aromatic heterocycles. The van der Waals surface area contributed by atoms with Crippen LogP contribution in [-0.2, 0) is 4.79 Å². The first-order valence-corrected chi connectivity index (χ1v) is 4.14. The average Bonchev–Trinajstić information content (AvgIpc) is 2.19. The Kier molecular flexibility index (Phi) is 3.19. The van der Waals surface area contributed by atoms with Gasteiger partial charge in [0.2, 0.25) is 5.91 Å². The number of aromatic nitrogens is 1. The molecular weight excluding hydrogens is 178 g/mol. The SMILES string of the molecule is C[C@H]([CH]c1ccc(C#N)nc1)C(N)=O. The number of carbonyl (C=O) groups excluding carboxylic acids is 1. The van der Waals surface area contributed by atoms with Crippen LogP contribution in [0.3, 0.4) is 0 Å². The summed E-state index contributed by atoms with van der Waals surface area (Å²) in [5.41, 5.74) is 6.24. The van der Waals surface area contributed by atoms with Crippen molar-refractivity contribution in [1.29, 1.82) is 5.26 Å². The zero-order valence-corrected chi connectivity index (χ0v) is 7.77. The molecule has 0 fully saturated rings. The van der Waals surface area contributed by atoms with E-state index in [-0.39, 0.29) is 11.8 Å². The smallest absolute Gasteiger partial charge is 0.220 e. The Morgan fingerprint density at radius 3 is 2.86 bits per heavy atom. The third-order valence-electron chi connectivity index (χ3n) is 1.79. The summed E-state index contributed by atoms with van der Waals surface area (Å²) in [5.74, 6) is -0.709. The summed E-state index contributed by atoms with van der Waals surface area (Å²) >= 11 is 0. The molecule has 1 radical (unpaired) electrons. The molecule has 2 N–H and O–H groups in total. The standard InChI is InChI=1S/C10H10N3O/c1-7(10(12)14)4-8-2-3-9(5-11)13-6-8/h2-4,6-7H,1H3,(H2,12,14)/t7-/m1/s1. The number of pyridine rings is 1. The number of primary amides is 1. The molecule has 0 aliphatic carbocycles. The van der Waals surface area contributed by atoms with E-state index in [1.165, 1.54) is 6.20 Å². The maximum Gasteiger partial charge on any atom is 0.220 e. The minimum absolute atomic E-state index is 0.329. The third-order valence-corrected chi connectivity index (χ3v) is 1.79. The molecule has 14 heavy (non-hydrogen) atoms. The van der Waals surface area contributed by atoms with Gasteiger partial charge in [0.1, 0.15) is 11.8 Å². The van der Waals surface area contributed by atoms with Crippen molar-refractivity contribution in [3.05, 3.63) is 36.0 Å². The quantitative estimate of drug-likeness (QED) is 0.755. The van der Waals surface area contributed by atoms with Gasteiger partial charge in [0, 0.05) is 18.5 Å². The topological polar surface area (TPSA) is 79.8 Å². The molecule has 71 valence electrons. The van der Waals surface area contributed by atoms with E-state index in [9.17, 15) is 4.79 Å². The molecular formula is C10H10N3O. The minimum atomic E-state index is -0.380. The lowest BCUT2D eigenvalue weighted by Crippen LogP contribution is -2.21. The summed E-state index contributed by atoms with van der Waals surface area (Å²) in [5, 5.41) is 8.50. The molecule has 0 bridgehead atoms. The maximum atomic E-state index is 10.7. The highest BCUT2D eigenvalue weighted by atomic mass is 16.1. The summed E-state index contributed by atoms with van der Waals surface area (Å²) in [6, 6.07) is 5.24. The van der Waals surface area contributed by atoms with Crippen molar-refractivity contribution < 1.29 is 4.79 Å². The Morgan fingerprint density at radius 1 is 1.71 bits per heavy atom. The second-order valence-electron chi connectivity index (χ2n) is 2.95. The van der Waals surface area contributed by atoms with Crippen molar-refractivity contribution in [3.8, 4) is 6.07 Å². The van der Waals surface area contributed by atoms with Crippen molar-refractivity contribution in [2.24, 2.45) is 11.7 Å². The highest BCUT2D eigenvalue weighted by molar-refractivity contribution is 5.78. The molecule has 1 amide bonds. The van der Waals surface area contributed by atoms with Gasteiger partial charge in [0.15, 0.2) is 0 Å². The Morgan fingerprint density at radius 2 is 2.43 bits per heavy atom. The molecule has 4 heteroatoms. The molecule has 0 aliphatic heterocycles. The number of nitriles is 1. The first kappa shape index (κ1) is 10.2. The zero-order chi connectivity index (χ0) is 10.6. The van der Waals surface area contributed by atoms with Gasteiger partial charge in [-0.15, -0.1) is 0 Å². The van der Waals surface area contributed by atoms with E-state index in [4.69, 9.17) is 11.0 Å². The summed E-state index contributed by atoms with van der Waals surface area (Å²) in [6.07, 6.45) is 3.24. The number of hydrogen-bond donors (Lipinski definition) is 1. The average molecular weight is 188 g/mol. The Bertz CT molecular complexity index is 364. The Labute approximate surface area is 82.4 Å². The van der Waals surface area contributed by atoms with Crippen LogP contribution < -0.4 is 5.73 Å². The van der Waals surface area contributed by atoms with E-state index >= 15 is 0 Å². The molecule has 0 saturated carbocycles. The summed E-state index contributed by atoms with van der Waals surface area (Å²) < 4.78 is 0. The van der Waals surface area contributed by atoms with Crippen LogP contribution >= 0.6 is 0 Å². The van der Waals surface area contributed by atoms with Crippen LogP contribution in [0.15, 0.2) is 18.3 Å². The van der Waals surface area contributed by atoms with E-state index in [0.717, 1.165) is 5.56 Å². The lowest BCUT2D eigenvalue weighted by molar-refractivity contribution is -0.120. The molecule has 1 aromatic rings. The lowest BCUT2D eigenvalue weighted by atomic mass is 10.0. The van der Waals surface area contributed by atoms with Crippen LogP contribution in [0.25, 0.3) is 0 Å². The number of rotatable bonds is 3. The van der Waals surface area contributed by atoms with Gasteiger partial charge in [-0.25, -0.2) is 4.98 Å². The molecule has 0 aliphatic rings. The molecule has 4 nitrogen and oxygen atoms in total. The van der Waals surface area contributed by atoms with Gasteiger partial charge in [0.25, 0.3) is 0 Å². The van der Waals surface area contributed by atoms with Crippen molar-refractivity contribution in [1.82, 2.24) is 4.98 Å². The van der Waals surface area contributed by atoms with Crippen molar-refractivity contribution >= 4 is 5.91 Å². The minimum Gasteiger partial charge on any atom is -0.369 e. The third kappa shape index (κ3) is 2.56. The van der Waals surface area contributed by atoms with Gasteiger partial charge in [-0.2, -0.15) is 5.26 Å². The largest absolute Gasteiger partial charge is 0.369 e. The van der Waals surface area contributed by atoms with Gasteiger partial charge in [-0.3, -0.25) is 4.79 Å². The maximum absolute atomic E-state index is 10.7. The van der Waals surface area contributed by atoms with E-state index in [1.807, 2.05) is 6.07 Å². The van der Waals surface area contributed by atoms with Crippen LogP contribution in [0.1, 0.15) is 18.2 Å². The van der Waals surface area contributed by atoms with Crippen molar-refractivity contribution in [3.63, 3.8) is 0 Å². The molecule has 0 spiro atoms. The lowest BCUT2D eigenvalue weighted by Gasteiger charge is -2.05. The second kappa shape index (κ2) is 4.38. The summed E-state index contributed by atoms with van der Waals surface area (Å²) in [4.78, 5) is 14.6. The Hall–Kier alpha value is -1.89. The molecule has 0 unspecified atom stereocenters. The Balaban J connectivity index is 2.70. The van der Waals surface area contributed by atoms with Crippen molar-refractivity contribution in [2.45, 2.75) is 6.92 Å². The summed E-state index contributed by atoms with van der Waals surface area (Å²) in [6.45, 7) is 1.71. The fourth-order valence-electron chi connectivity index (χ4n) is 0.941. The van der Waals surface area contributed by atoms with E-state index in [2.05, 4.69) is 4.98 Å². The normalized spacial score (nSPS) is 11.7. The van der Waals surface area contributed by atoms with Gasteiger partial charge in [-0.1, -0.05) is 13.0 Å². The van der Waals surface area contributed by atoms with Crippen LogP contribution in [0.5, 0.6) is 0 Å². The zero-order valence-electron chi connectivity index (χ0n) is 7.77.